The third-order valence-electron chi connectivity index (χ3n) is 4.33. The van der Waals surface area contributed by atoms with E-state index in [9.17, 15) is 9.59 Å². The van der Waals surface area contributed by atoms with Gasteiger partial charge in [0.05, 0.1) is 6.42 Å². The molecule has 0 aromatic carbocycles. The zero-order valence-corrected chi connectivity index (χ0v) is 12.8. The maximum atomic E-state index is 12.0. The van der Waals surface area contributed by atoms with Gasteiger partial charge in [0.25, 0.3) is 0 Å². The van der Waals surface area contributed by atoms with Crippen molar-refractivity contribution in [1.82, 2.24) is 10.2 Å². The summed E-state index contributed by atoms with van der Waals surface area (Å²) >= 11 is 0. The first-order chi connectivity index (χ1) is 9.47. The molecule has 1 saturated carbocycles. The molecule has 0 saturated heterocycles. The van der Waals surface area contributed by atoms with E-state index < -0.39 is 5.97 Å². The number of nitrogens with zero attached hydrogens (tertiary/aromatic N) is 1. The van der Waals surface area contributed by atoms with Crippen LogP contribution in [0, 0.1) is 5.41 Å². The minimum absolute atomic E-state index is 0.00217. The van der Waals surface area contributed by atoms with E-state index in [-0.39, 0.29) is 17.7 Å². The number of hydrogen-bond acceptors (Lipinski definition) is 3. The molecule has 0 aliphatic heterocycles. The number of carboxylic acids is 1. The lowest BCUT2D eigenvalue weighted by Crippen LogP contribution is -2.38. The molecule has 0 unspecified atom stereocenters. The van der Waals surface area contributed by atoms with Crippen molar-refractivity contribution in [3.63, 3.8) is 0 Å². The summed E-state index contributed by atoms with van der Waals surface area (Å²) in [4.78, 5) is 25.2. The summed E-state index contributed by atoms with van der Waals surface area (Å²) in [7, 11) is 2.01. The Morgan fingerprint density at radius 2 is 1.85 bits per heavy atom. The van der Waals surface area contributed by atoms with E-state index in [1.807, 2.05) is 7.05 Å². The topological polar surface area (TPSA) is 69.6 Å². The Morgan fingerprint density at radius 3 is 2.40 bits per heavy atom. The van der Waals surface area contributed by atoms with Crippen LogP contribution in [-0.2, 0) is 9.59 Å². The molecule has 1 rings (SSSR count). The van der Waals surface area contributed by atoms with Crippen LogP contribution in [0.15, 0.2) is 0 Å². The maximum Gasteiger partial charge on any atom is 0.303 e. The first-order valence-electron chi connectivity index (χ1n) is 7.64. The largest absolute Gasteiger partial charge is 0.481 e. The number of carboxylic acid groups (broad SMARTS) is 1. The Bertz CT molecular complexity index is 325. The van der Waals surface area contributed by atoms with Crippen LogP contribution >= 0.6 is 0 Å². The molecule has 0 aromatic heterocycles. The van der Waals surface area contributed by atoms with Crippen molar-refractivity contribution >= 4 is 11.9 Å². The molecular weight excluding hydrogens is 256 g/mol. The first kappa shape index (κ1) is 17.0. The monoisotopic (exact) mass is 284 g/mol. The summed E-state index contributed by atoms with van der Waals surface area (Å²) < 4.78 is 0. The molecule has 0 atom stereocenters. The van der Waals surface area contributed by atoms with Crippen LogP contribution in [0.25, 0.3) is 0 Å². The Hall–Kier alpha value is -1.10. The molecule has 0 heterocycles. The SMILES string of the molecule is CCN(C)CCNC(=O)CC1(CC(=O)O)CCCCC1. The average molecular weight is 284 g/mol. The van der Waals surface area contributed by atoms with Gasteiger partial charge in [-0.1, -0.05) is 26.2 Å². The van der Waals surface area contributed by atoms with E-state index in [0.29, 0.717) is 13.0 Å². The van der Waals surface area contributed by atoms with Crippen molar-refractivity contribution < 1.29 is 14.7 Å². The van der Waals surface area contributed by atoms with Gasteiger partial charge in [-0.05, 0) is 31.8 Å². The Labute approximate surface area is 121 Å². The van der Waals surface area contributed by atoms with Gasteiger partial charge < -0.3 is 15.3 Å². The Kier molecular flexibility index (Phi) is 6.99. The summed E-state index contributed by atoms with van der Waals surface area (Å²) in [5.74, 6) is -0.789. The van der Waals surface area contributed by atoms with Gasteiger partial charge in [-0.3, -0.25) is 9.59 Å². The van der Waals surface area contributed by atoms with Crippen LogP contribution in [0.3, 0.4) is 0 Å². The van der Waals surface area contributed by atoms with Crippen LogP contribution in [-0.4, -0.2) is 48.6 Å². The smallest absolute Gasteiger partial charge is 0.303 e. The van der Waals surface area contributed by atoms with Crippen molar-refractivity contribution in [2.24, 2.45) is 5.41 Å². The summed E-state index contributed by atoms with van der Waals surface area (Å²) in [6.07, 6.45) is 5.44. The van der Waals surface area contributed by atoms with Crippen LogP contribution in [0.1, 0.15) is 51.9 Å². The molecule has 1 amide bonds. The van der Waals surface area contributed by atoms with Crippen molar-refractivity contribution in [2.45, 2.75) is 51.9 Å². The summed E-state index contributed by atoms with van der Waals surface area (Å²) in [6.45, 7) is 4.49. The molecule has 1 aliphatic rings. The zero-order valence-electron chi connectivity index (χ0n) is 12.8. The molecule has 5 nitrogen and oxygen atoms in total. The molecule has 1 fully saturated rings. The van der Waals surface area contributed by atoms with Gasteiger partial charge in [-0.2, -0.15) is 0 Å². The zero-order chi connectivity index (χ0) is 15.0. The highest BCUT2D eigenvalue weighted by Gasteiger charge is 2.36. The highest BCUT2D eigenvalue weighted by molar-refractivity contribution is 5.78. The second-order valence-electron chi connectivity index (χ2n) is 6.05. The molecule has 116 valence electrons. The Balaban J connectivity index is 2.44. The van der Waals surface area contributed by atoms with Gasteiger partial charge in [0.2, 0.25) is 5.91 Å². The number of nitrogens with one attached hydrogen (secondary N) is 1. The van der Waals surface area contributed by atoms with Crippen LogP contribution in [0.2, 0.25) is 0 Å². The predicted octanol–water partition coefficient (Wildman–Crippen LogP) is 1.87. The normalized spacial score (nSPS) is 17.9. The fourth-order valence-corrected chi connectivity index (χ4v) is 2.99. The van der Waals surface area contributed by atoms with Gasteiger partial charge in [0, 0.05) is 19.5 Å². The number of amides is 1. The summed E-state index contributed by atoms with van der Waals surface area (Å²) in [5.41, 5.74) is -0.315. The van der Waals surface area contributed by atoms with E-state index in [1.165, 1.54) is 0 Å². The summed E-state index contributed by atoms with van der Waals surface area (Å²) in [6, 6.07) is 0. The van der Waals surface area contributed by atoms with E-state index in [0.717, 1.165) is 45.2 Å². The molecule has 0 aromatic rings. The molecule has 20 heavy (non-hydrogen) atoms. The minimum atomic E-state index is -0.787. The van der Waals surface area contributed by atoms with Crippen LogP contribution in [0.4, 0.5) is 0 Å². The van der Waals surface area contributed by atoms with Crippen molar-refractivity contribution in [1.29, 1.82) is 0 Å². The van der Waals surface area contributed by atoms with Gasteiger partial charge in [-0.15, -0.1) is 0 Å². The third kappa shape index (κ3) is 5.90. The molecule has 2 N–H and O–H groups in total. The molecular formula is C15H28N2O3. The quantitative estimate of drug-likeness (QED) is 0.714. The molecule has 0 spiro atoms. The van der Waals surface area contributed by atoms with Gasteiger partial charge in [-0.25, -0.2) is 0 Å². The fourth-order valence-electron chi connectivity index (χ4n) is 2.99. The molecule has 1 aliphatic carbocycles. The first-order valence-corrected chi connectivity index (χ1v) is 7.64. The minimum Gasteiger partial charge on any atom is -0.481 e. The van der Waals surface area contributed by atoms with E-state index in [1.54, 1.807) is 0 Å². The number of aliphatic carboxylic acids is 1. The second kappa shape index (κ2) is 8.25. The van der Waals surface area contributed by atoms with E-state index in [2.05, 4.69) is 17.1 Å². The maximum absolute atomic E-state index is 12.0. The number of likely N-dealkylation sites (N-methyl/N-ethyl adjacent to an activating group) is 1. The van der Waals surface area contributed by atoms with Crippen molar-refractivity contribution in [2.75, 3.05) is 26.7 Å². The second-order valence-corrected chi connectivity index (χ2v) is 6.05. The van der Waals surface area contributed by atoms with Gasteiger partial charge in [0.1, 0.15) is 0 Å². The Morgan fingerprint density at radius 1 is 1.20 bits per heavy atom. The number of carbonyl (C=O) groups is 2. The number of hydrogen-bond donors (Lipinski definition) is 2. The highest BCUT2D eigenvalue weighted by atomic mass is 16.4. The van der Waals surface area contributed by atoms with Crippen molar-refractivity contribution in [3.8, 4) is 0 Å². The lowest BCUT2D eigenvalue weighted by Gasteiger charge is -2.35. The standard InChI is InChI=1S/C15H28N2O3/c1-3-17(2)10-9-16-13(18)11-15(12-14(19)20)7-5-4-6-8-15/h3-12H2,1-2H3,(H,16,18)(H,19,20). The lowest BCUT2D eigenvalue weighted by atomic mass is 9.69. The number of carbonyl (C=O) groups excluding carboxylic acids is 1. The van der Waals surface area contributed by atoms with Gasteiger partial charge >= 0.3 is 5.97 Å². The molecule has 0 bridgehead atoms. The van der Waals surface area contributed by atoms with Gasteiger partial charge in [0.15, 0.2) is 0 Å². The lowest BCUT2D eigenvalue weighted by molar-refractivity contribution is -0.141. The fraction of sp³-hybridized carbons (Fsp3) is 0.867. The van der Waals surface area contributed by atoms with E-state index >= 15 is 0 Å². The van der Waals surface area contributed by atoms with Crippen LogP contribution in [0.5, 0.6) is 0 Å². The van der Waals surface area contributed by atoms with Crippen molar-refractivity contribution in [3.05, 3.63) is 0 Å². The molecule has 0 radical (unpaired) electrons. The van der Waals surface area contributed by atoms with Crippen LogP contribution < -0.4 is 5.32 Å². The van der Waals surface area contributed by atoms with E-state index in [4.69, 9.17) is 5.11 Å². The predicted molar refractivity (Wildman–Crippen MR) is 78.6 cm³/mol. The third-order valence-corrected chi connectivity index (χ3v) is 4.33. The average Bonchev–Trinajstić information content (AvgIpc) is 2.38. The highest BCUT2D eigenvalue weighted by Crippen LogP contribution is 2.42. The number of rotatable bonds is 8. The summed E-state index contributed by atoms with van der Waals surface area (Å²) in [5, 5.41) is 12.0. The molecule has 5 heteroatoms.